The third-order valence-corrected chi connectivity index (χ3v) is 7.15. The van der Waals surface area contributed by atoms with Gasteiger partial charge in [-0.25, -0.2) is 4.98 Å². The summed E-state index contributed by atoms with van der Waals surface area (Å²) in [7, 11) is 3.61. The van der Waals surface area contributed by atoms with E-state index < -0.39 is 17.5 Å². The van der Waals surface area contributed by atoms with Gasteiger partial charge in [-0.3, -0.25) is 4.98 Å². The second-order valence-electron chi connectivity index (χ2n) is 9.30. The Bertz CT molecular complexity index is 1550. The molecule has 0 amide bonds. The Morgan fingerprint density at radius 2 is 1.72 bits per heavy atom. The first-order chi connectivity index (χ1) is 18.5. The number of aliphatic hydroxyl groups is 1. The van der Waals surface area contributed by atoms with E-state index in [1.807, 2.05) is 42.3 Å². The van der Waals surface area contributed by atoms with E-state index in [2.05, 4.69) is 9.97 Å². The molecule has 4 aromatic rings. The Morgan fingerprint density at radius 1 is 1.00 bits per heavy atom. The fraction of sp³-hybridized carbons (Fsp3) is 0.214. The second kappa shape index (κ2) is 10.2. The van der Waals surface area contributed by atoms with Crippen LogP contribution >= 0.6 is 23.2 Å². The molecule has 0 fully saturated rings. The molecule has 0 bridgehead atoms. The number of fused-ring (bicyclic) bond motifs is 1. The minimum absolute atomic E-state index is 0.0817. The molecule has 5 rings (SSSR count). The van der Waals surface area contributed by atoms with Crippen LogP contribution in [-0.2, 0) is 18.4 Å². The number of pyridine rings is 2. The van der Waals surface area contributed by atoms with Crippen molar-refractivity contribution in [1.82, 2.24) is 19.8 Å². The zero-order valence-electron chi connectivity index (χ0n) is 20.9. The molecular weight excluding hydrogens is 552 g/mol. The summed E-state index contributed by atoms with van der Waals surface area (Å²) >= 11 is 13.2. The van der Waals surface area contributed by atoms with Gasteiger partial charge in [-0.05, 0) is 29.3 Å². The van der Waals surface area contributed by atoms with Crippen molar-refractivity contribution in [2.45, 2.75) is 18.4 Å². The fourth-order valence-electron chi connectivity index (χ4n) is 4.62. The molecule has 1 N–H and O–H groups in total. The van der Waals surface area contributed by atoms with Crippen LogP contribution < -0.4 is 4.74 Å². The molecule has 202 valence electrons. The molecule has 11 heteroatoms. The molecule has 0 spiro atoms. The normalized spacial score (nSPS) is 15.4. The average Bonchev–Trinajstić information content (AvgIpc) is 3.26. The van der Waals surface area contributed by atoms with E-state index in [1.54, 1.807) is 36.3 Å². The maximum absolute atomic E-state index is 13.2. The SMILES string of the molecule is CN1C=C(C(O)(c2ccc(C(F)(F)F)nc2)c2ccc3nc(Cl)c(OCc4ccccc4)c(Cl)c3c2)N(C)C1. The first-order valence-corrected chi connectivity index (χ1v) is 12.6. The van der Waals surface area contributed by atoms with Crippen molar-refractivity contribution in [2.75, 3.05) is 20.8 Å². The Hall–Kier alpha value is -3.53. The maximum atomic E-state index is 13.2. The summed E-state index contributed by atoms with van der Waals surface area (Å²) in [6.07, 6.45) is -1.84. The highest BCUT2D eigenvalue weighted by molar-refractivity contribution is 6.40. The van der Waals surface area contributed by atoms with Gasteiger partial charge in [0.2, 0.25) is 0 Å². The highest BCUT2D eigenvalue weighted by Crippen LogP contribution is 2.44. The van der Waals surface area contributed by atoms with Crippen LogP contribution in [0.4, 0.5) is 13.2 Å². The number of aromatic nitrogens is 2. The standard InChI is InChI=1S/C28H23Cl2F3N4O2/c1-36-14-23(37(2)16-36)27(38,19-9-11-22(34-13-19)28(31,32)33)18-8-10-21-20(12-18)24(29)25(26(30)35-21)39-15-17-6-4-3-5-7-17/h3-14,38H,15-16H2,1-2H3. The van der Waals surface area contributed by atoms with Crippen molar-refractivity contribution in [3.63, 3.8) is 0 Å². The Kier molecular flexibility index (Phi) is 7.09. The summed E-state index contributed by atoms with van der Waals surface area (Å²) in [5, 5.41) is 13.0. The lowest BCUT2D eigenvalue weighted by Crippen LogP contribution is -2.36. The van der Waals surface area contributed by atoms with Gasteiger partial charge in [0.15, 0.2) is 16.5 Å². The van der Waals surface area contributed by atoms with Crippen LogP contribution in [0.2, 0.25) is 10.2 Å². The van der Waals surface area contributed by atoms with E-state index >= 15 is 0 Å². The lowest BCUT2D eigenvalue weighted by atomic mass is 9.83. The quantitative estimate of drug-likeness (QED) is 0.267. The zero-order valence-corrected chi connectivity index (χ0v) is 22.4. The van der Waals surface area contributed by atoms with Crippen LogP contribution in [-0.4, -0.2) is 45.6 Å². The monoisotopic (exact) mass is 574 g/mol. The Morgan fingerprint density at radius 3 is 2.33 bits per heavy atom. The van der Waals surface area contributed by atoms with E-state index in [4.69, 9.17) is 27.9 Å². The molecule has 1 atom stereocenters. The molecule has 1 aliphatic rings. The topological polar surface area (TPSA) is 61.7 Å². The number of hydrogen-bond donors (Lipinski definition) is 1. The van der Waals surface area contributed by atoms with Gasteiger partial charge in [0, 0.05) is 37.4 Å². The number of ether oxygens (including phenoxy) is 1. The van der Waals surface area contributed by atoms with Gasteiger partial charge in [0.05, 0.1) is 22.9 Å². The molecule has 0 saturated heterocycles. The van der Waals surface area contributed by atoms with Gasteiger partial charge in [-0.15, -0.1) is 0 Å². The van der Waals surface area contributed by atoms with Crippen molar-refractivity contribution in [2.24, 2.45) is 0 Å². The predicted octanol–water partition coefficient (Wildman–Crippen LogP) is 6.45. The van der Waals surface area contributed by atoms with E-state index in [9.17, 15) is 18.3 Å². The van der Waals surface area contributed by atoms with Crippen molar-refractivity contribution >= 4 is 34.1 Å². The number of benzene rings is 2. The third-order valence-electron chi connectivity index (χ3n) is 6.51. The van der Waals surface area contributed by atoms with E-state index in [0.29, 0.717) is 28.8 Å². The number of nitrogens with zero attached hydrogens (tertiary/aromatic N) is 4. The molecule has 0 aliphatic carbocycles. The van der Waals surface area contributed by atoms with Crippen LogP contribution in [0.15, 0.2) is 78.8 Å². The molecule has 39 heavy (non-hydrogen) atoms. The fourth-order valence-corrected chi connectivity index (χ4v) is 5.21. The summed E-state index contributed by atoms with van der Waals surface area (Å²) in [6, 6.07) is 16.5. The highest BCUT2D eigenvalue weighted by atomic mass is 35.5. The minimum Gasteiger partial charge on any atom is -0.484 e. The summed E-state index contributed by atoms with van der Waals surface area (Å²) in [5.41, 5.74) is -0.599. The van der Waals surface area contributed by atoms with Crippen LogP contribution in [0.1, 0.15) is 22.4 Å². The van der Waals surface area contributed by atoms with Gasteiger partial charge in [0.1, 0.15) is 12.3 Å². The van der Waals surface area contributed by atoms with Crippen LogP contribution in [0.3, 0.4) is 0 Å². The molecule has 2 aromatic carbocycles. The molecule has 2 aromatic heterocycles. The number of rotatable bonds is 6. The Balaban J connectivity index is 1.63. The lowest BCUT2D eigenvalue weighted by Gasteiger charge is -2.34. The summed E-state index contributed by atoms with van der Waals surface area (Å²) in [6.45, 7) is 0.674. The summed E-state index contributed by atoms with van der Waals surface area (Å²) < 4.78 is 45.6. The summed E-state index contributed by atoms with van der Waals surface area (Å²) in [5.74, 6) is 0.184. The molecule has 0 saturated carbocycles. The first kappa shape index (κ1) is 27.1. The molecule has 0 radical (unpaired) electrons. The summed E-state index contributed by atoms with van der Waals surface area (Å²) in [4.78, 5) is 11.7. The van der Waals surface area contributed by atoms with E-state index in [-0.39, 0.29) is 28.1 Å². The van der Waals surface area contributed by atoms with Gasteiger partial charge in [-0.1, -0.05) is 65.7 Å². The largest absolute Gasteiger partial charge is 0.484 e. The number of halogens is 5. The molecular formula is C28H23Cl2F3N4O2. The third kappa shape index (κ3) is 5.09. The van der Waals surface area contributed by atoms with Crippen LogP contribution in [0.25, 0.3) is 10.9 Å². The molecule has 1 unspecified atom stereocenters. The number of alkyl halides is 3. The highest BCUT2D eigenvalue weighted by Gasteiger charge is 2.42. The Labute approximate surface area is 232 Å². The minimum atomic E-state index is -4.61. The van der Waals surface area contributed by atoms with Crippen LogP contribution in [0, 0.1) is 0 Å². The average molecular weight is 575 g/mol. The smallest absolute Gasteiger partial charge is 0.433 e. The predicted molar refractivity (Wildman–Crippen MR) is 143 cm³/mol. The van der Waals surface area contributed by atoms with E-state index in [1.165, 1.54) is 6.07 Å². The molecule has 6 nitrogen and oxygen atoms in total. The van der Waals surface area contributed by atoms with Gasteiger partial charge < -0.3 is 19.6 Å². The van der Waals surface area contributed by atoms with Gasteiger partial charge >= 0.3 is 6.18 Å². The zero-order chi connectivity index (χ0) is 27.9. The maximum Gasteiger partial charge on any atom is 0.433 e. The van der Waals surface area contributed by atoms with Crippen molar-refractivity contribution in [3.05, 3.63) is 111 Å². The van der Waals surface area contributed by atoms with E-state index in [0.717, 1.165) is 17.8 Å². The lowest BCUT2D eigenvalue weighted by molar-refractivity contribution is -0.141. The van der Waals surface area contributed by atoms with Crippen molar-refractivity contribution in [3.8, 4) is 5.75 Å². The molecule has 3 heterocycles. The molecule has 1 aliphatic heterocycles. The second-order valence-corrected chi connectivity index (χ2v) is 10.0. The first-order valence-electron chi connectivity index (χ1n) is 11.8. The van der Waals surface area contributed by atoms with Gasteiger partial charge in [0.25, 0.3) is 0 Å². The number of hydrogen-bond acceptors (Lipinski definition) is 6. The number of likely N-dealkylation sites (N-methyl/N-ethyl adjacent to an activating group) is 1. The van der Waals surface area contributed by atoms with Crippen molar-refractivity contribution < 1.29 is 23.0 Å². The van der Waals surface area contributed by atoms with Crippen LogP contribution in [0.5, 0.6) is 5.75 Å². The van der Waals surface area contributed by atoms with Crippen molar-refractivity contribution in [1.29, 1.82) is 0 Å². The van der Waals surface area contributed by atoms with Gasteiger partial charge in [-0.2, -0.15) is 13.2 Å².